The number of carboxylic acid groups (broad SMARTS) is 1. The minimum absolute atomic E-state index is 0.0130. The highest BCUT2D eigenvalue weighted by atomic mass is 19.1. The Balaban J connectivity index is 1.46. The van der Waals surface area contributed by atoms with Crippen molar-refractivity contribution < 1.29 is 14.3 Å². The summed E-state index contributed by atoms with van der Waals surface area (Å²) in [6.45, 7) is 16.8. The van der Waals surface area contributed by atoms with E-state index in [0.717, 1.165) is 56.9 Å². The van der Waals surface area contributed by atoms with Crippen LogP contribution in [-0.4, -0.2) is 21.3 Å². The number of nitrogens with zero attached hydrogens (tertiary/aromatic N) is 1. The van der Waals surface area contributed by atoms with E-state index in [-0.39, 0.29) is 50.6 Å². The predicted octanol–water partition coefficient (Wildman–Crippen LogP) is 8.41. The molecular weight excluding hydrogens is 537 g/mol. The maximum Gasteiger partial charge on any atom is 0.306 e. The topological polar surface area (TPSA) is 92.0 Å². The van der Waals surface area contributed by atoms with Gasteiger partial charge in [0.1, 0.15) is 11.6 Å². The average Bonchev–Trinajstić information content (AvgIpc) is 3.28. The van der Waals surface area contributed by atoms with Crippen LogP contribution in [0.25, 0.3) is 5.57 Å². The number of nitrogens with two attached hydrogens (primary N) is 1. The normalized spacial score (nSPS) is 40.9. The van der Waals surface area contributed by atoms with Crippen LogP contribution in [0.4, 0.5) is 10.2 Å². The Kier molecular flexibility index (Phi) is 6.07. The first-order chi connectivity index (χ1) is 20.0. The zero-order chi connectivity index (χ0) is 30.9. The molecule has 0 bridgehead atoms. The molecule has 1 aromatic heterocycles. The van der Waals surface area contributed by atoms with E-state index in [2.05, 4.69) is 64.7 Å². The molecule has 0 aliphatic heterocycles. The quantitative estimate of drug-likeness (QED) is 0.329. The minimum Gasteiger partial charge on any atom is -0.481 e. The number of anilines is 1. The number of aromatic nitrogens is 2. The molecule has 5 aliphatic carbocycles. The molecule has 5 nitrogen and oxygen atoms in total. The van der Waals surface area contributed by atoms with Crippen molar-refractivity contribution in [3.63, 3.8) is 0 Å². The van der Waals surface area contributed by atoms with Gasteiger partial charge < -0.3 is 10.8 Å². The fourth-order valence-electron chi connectivity index (χ4n) is 12.4. The number of allylic oxidation sites excluding steroid dienone is 2. The van der Waals surface area contributed by atoms with E-state index in [1.807, 2.05) is 6.07 Å². The Morgan fingerprint density at radius 3 is 2.49 bits per heavy atom. The van der Waals surface area contributed by atoms with Crippen LogP contribution >= 0.6 is 0 Å². The highest BCUT2D eigenvalue weighted by Crippen LogP contribution is 2.76. The van der Waals surface area contributed by atoms with Crippen LogP contribution in [0.3, 0.4) is 0 Å². The van der Waals surface area contributed by atoms with Gasteiger partial charge in [0.15, 0.2) is 0 Å². The van der Waals surface area contributed by atoms with E-state index in [4.69, 9.17) is 5.73 Å². The van der Waals surface area contributed by atoms with Gasteiger partial charge in [-0.2, -0.15) is 5.10 Å². The third-order valence-electron chi connectivity index (χ3n) is 14.3. The molecule has 4 N–H and O–H groups in total. The Bertz CT molecular complexity index is 1540. The highest BCUT2D eigenvalue weighted by Gasteiger charge is 2.68. The van der Waals surface area contributed by atoms with Crippen molar-refractivity contribution in [3.8, 4) is 0 Å². The summed E-state index contributed by atoms with van der Waals surface area (Å²) in [7, 11) is 0. The van der Waals surface area contributed by atoms with Crippen LogP contribution in [-0.2, 0) is 16.6 Å². The number of aromatic amines is 1. The lowest BCUT2D eigenvalue weighted by Crippen LogP contribution is -2.64. The van der Waals surface area contributed by atoms with Crippen LogP contribution in [0.2, 0.25) is 0 Å². The van der Waals surface area contributed by atoms with Gasteiger partial charge in [-0.25, -0.2) is 4.39 Å². The Morgan fingerprint density at radius 2 is 1.79 bits per heavy atom. The second-order valence-corrected chi connectivity index (χ2v) is 17.2. The SMILES string of the molecule is CC1(C)CC2C3=C(c4cccc(F)c4)CC4C5(C)Cc6c(N)n[nH]c6C(C)(C)C5CCC4(C)C3(C)CCC2[C@H](C(=O)O)C1. The number of aliphatic carboxylic acids is 1. The van der Waals surface area contributed by atoms with E-state index in [1.54, 1.807) is 12.1 Å². The van der Waals surface area contributed by atoms with Crippen LogP contribution in [0.1, 0.15) is 110 Å². The summed E-state index contributed by atoms with van der Waals surface area (Å²) in [6.07, 6.45) is 7.73. The molecule has 0 radical (unpaired) electrons. The van der Waals surface area contributed by atoms with Crippen LogP contribution < -0.4 is 5.73 Å². The van der Waals surface area contributed by atoms with Crippen molar-refractivity contribution in [3.05, 3.63) is 52.5 Å². The Labute approximate surface area is 256 Å². The van der Waals surface area contributed by atoms with Crippen LogP contribution in [0.5, 0.6) is 0 Å². The second kappa shape index (κ2) is 8.97. The van der Waals surface area contributed by atoms with Gasteiger partial charge in [-0.3, -0.25) is 9.89 Å². The van der Waals surface area contributed by atoms with Crippen molar-refractivity contribution in [2.24, 2.45) is 51.2 Å². The number of hydrogen-bond donors (Lipinski definition) is 3. The molecular formula is C37H50FN3O2. The molecule has 43 heavy (non-hydrogen) atoms. The fraction of sp³-hybridized carbons (Fsp3) is 0.676. The number of carboxylic acids is 1. The molecule has 8 atom stereocenters. The highest BCUT2D eigenvalue weighted by molar-refractivity contribution is 5.75. The number of H-pyrrole nitrogens is 1. The summed E-state index contributed by atoms with van der Waals surface area (Å²) in [6, 6.07) is 7.22. The first-order valence-electron chi connectivity index (χ1n) is 16.6. The van der Waals surface area contributed by atoms with Gasteiger partial charge in [0.2, 0.25) is 0 Å². The molecule has 232 valence electrons. The van der Waals surface area contributed by atoms with E-state index in [1.165, 1.54) is 22.4 Å². The molecule has 3 fully saturated rings. The number of hydrogen-bond acceptors (Lipinski definition) is 3. The summed E-state index contributed by atoms with van der Waals surface area (Å²) < 4.78 is 15.0. The van der Waals surface area contributed by atoms with Gasteiger partial charge >= 0.3 is 5.97 Å². The number of benzene rings is 1. The smallest absolute Gasteiger partial charge is 0.306 e. The molecule has 6 heteroatoms. The van der Waals surface area contributed by atoms with E-state index in [0.29, 0.717) is 17.7 Å². The molecule has 3 saturated carbocycles. The monoisotopic (exact) mass is 587 g/mol. The van der Waals surface area contributed by atoms with Crippen LogP contribution in [0.15, 0.2) is 29.8 Å². The van der Waals surface area contributed by atoms with Crippen molar-refractivity contribution in [2.75, 3.05) is 5.73 Å². The third-order valence-corrected chi connectivity index (χ3v) is 14.3. The maximum atomic E-state index is 15.0. The number of rotatable bonds is 2. The maximum absolute atomic E-state index is 15.0. The van der Waals surface area contributed by atoms with Gasteiger partial charge in [-0.15, -0.1) is 0 Å². The molecule has 0 saturated heterocycles. The van der Waals surface area contributed by atoms with Gasteiger partial charge in [-0.05, 0) is 120 Å². The zero-order valence-corrected chi connectivity index (χ0v) is 27.1. The number of halogens is 1. The largest absolute Gasteiger partial charge is 0.481 e. The summed E-state index contributed by atoms with van der Waals surface area (Å²) in [4.78, 5) is 12.7. The zero-order valence-electron chi connectivity index (χ0n) is 27.1. The Hall–Kier alpha value is -2.63. The van der Waals surface area contributed by atoms with Gasteiger partial charge in [0, 0.05) is 16.7 Å². The number of nitrogen functional groups attached to an aromatic ring is 1. The average molecular weight is 588 g/mol. The van der Waals surface area contributed by atoms with E-state index >= 15 is 0 Å². The number of nitrogens with one attached hydrogen (secondary N) is 1. The summed E-state index contributed by atoms with van der Waals surface area (Å²) in [5.74, 6) is 0.605. The van der Waals surface area contributed by atoms with Crippen molar-refractivity contribution in [1.82, 2.24) is 10.2 Å². The first-order valence-corrected chi connectivity index (χ1v) is 16.6. The fourth-order valence-corrected chi connectivity index (χ4v) is 12.4. The lowest BCUT2D eigenvalue weighted by Gasteiger charge is -2.70. The van der Waals surface area contributed by atoms with Gasteiger partial charge in [0.25, 0.3) is 0 Å². The molecule has 0 spiro atoms. The molecule has 1 aromatic carbocycles. The van der Waals surface area contributed by atoms with E-state index < -0.39 is 5.97 Å². The van der Waals surface area contributed by atoms with E-state index in [9.17, 15) is 14.3 Å². The van der Waals surface area contributed by atoms with Gasteiger partial charge in [0.05, 0.1) is 5.92 Å². The molecule has 0 amide bonds. The number of fused-ring (bicyclic) bond motifs is 8. The molecule has 1 heterocycles. The molecule has 5 aliphatic rings. The molecule has 2 aromatic rings. The van der Waals surface area contributed by atoms with Crippen molar-refractivity contribution >= 4 is 17.4 Å². The lowest BCUT2D eigenvalue weighted by molar-refractivity contribution is -0.161. The van der Waals surface area contributed by atoms with Crippen molar-refractivity contribution in [2.45, 2.75) is 105 Å². The van der Waals surface area contributed by atoms with Crippen LogP contribution in [0, 0.1) is 57.1 Å². The summed E-state index contributed by atoms with van der Waals surface area (Å²) in [5.41, 5.74) is 12.4. The molecule has 7 unspecified atom stereocenters. The third kappa shape index (κ3) is 3.79. The predicted molar refractivity (Wildman–Crippen MR) is 169 cm³/mol. The second-order valence-electron chi connectivity index (χ2n) is 17.2. The first kappa shape index (κ1) is 29.1. The van der Waals surface area contributed by atoms with Gasteiger partial charge in [-0.1, -0.05) is 66.2 Å². The standard InChI is InChI=1S/C37H50FN3O2/c1-33(2)17-24-22(25(18-33)32(42)43)11-13-37(7)29(24)23(20-9-8-10-21(38)15-20)16-28-35(5)19-26-30(40-41-31(26)39)34(3,4)27(35)12-14-36(28,37)6/h8-10,15,22,24-25,27-28H,11-14,16-19H2,1-7H3,(H,42,43)(H3,39,40,41)/t22?,24?,25-,27?,28?,35?,36?,37?/m1/s1. The van der Waals surface area contributed by atoms with Crippen molar-refractivity contribution in [1.29, 1.82) is 0 Å². The summed E-state index contributed by atoms with van der Waals surface area (Å²) >= 11 is 0. The Morgan fingerprint density at radius 1 is 1.05 bits per heavy atom. The lowest BCUT2D eigenvalue weighted by atomic mass is 9.33. The minimum atomic E-state index is -0.648. The summed E-state index contributed by atoms with van der Waals surface area (Å²) in [5, 5.41) is 18.2. The molecule has 7 rings (SSSR count). The number of carbonyl (C=O) groups is 1.